The number of sulfone groups is 1. The van der Waals surface area contributed by atoms with Crippen LogP contribution in [0.4, 0.5) is 0 Å². The standard InChI is InChI=1S/C24H31N3O5S/c1-2-33(30,31)21-8-6-17(7-9-21)23(16-28)26-24(29)18-11-19-13-27(15-22(19)25-12-18)14-20-5-3-4-10-32-20/h6-9,11-12,20,23,28H,2-5,10,13-16H2,1H3,(H,26,29)/t20-,23-/m0/s1. The minimum Gasteiger partial charge on any atom is -0.394 e. The minimum atomic E-state index is -3.30. The molecule has 1 amide bonds. The van der Waals surface area contributed by atoms with Gasteiger partial charge in [0.25, 0.3) is 5.91 Å². The Morgan fingerprint density at radius 1 is 1.27 bits per heavy atom. The van der Waals surface area contributed by atoms with Gasteiger partial charge in [-0.05, 0) is 48.6 Å². The molecule has 0 aliphatic carbocycles. The number of amides is 1. The van der Waals surface area contributed by atoms with Gasteiger partial charge in [-0.1, -0.05) is 19.1 Å². The second-order valence-corrected chi connectivity index (χ2v) is 10.9. The Kier molecular flexibility index (Phi) is 7.43. The number of nitrogens with one attached hydrogen (secondary N) is 1. The molecule has 33 heavy (non-hydrogen) atoms. The Hall–Kier alpha value is -2.33. The molecule has 0 unspecified atom stereocenters. The predicted molar refractivity (Wildman–Crippen MR) is 123 cm³/mol. The number of pyridine rings is 1. The summed E-state index contributed by atoms with van der Waals surface area (Å²) in [7, 11) is -3.30. The number of hydrogen-bond donors (Lipinski definition) is 2. The maximum absolute atomic E-state index is 12.9. The zero-order valence-corrected chi connectivity index (χ0v) is 19.7. The van der Waals surface area contributed by atoms with Crippen LogP contribution in [0.5, 0.6) is 0 Å². The molecule has 2 aliphatic heterocycles. The molecule has 2 atom stereocenters. The highest BCUT2D eigenvalue weighted by molar-refractivity contribution is 7.91. The molecular weight excluding hydrogens is 442 g/mol. The Morgan fingerprint density at radius 2 is 2.06 bits per heavy atom. The van der Waals surface area contributed by atoms with Crippen molar-refractivity contribution in [2.75, 3.05) is 25.5 Å². The van der Waals surface area contributed by atoms with Gasteiger partial charge < -0.3 is 15.2 Å². The maximum Gasteiger partial charge on any atom is 0.253 e. The molecule has 2 N–H and O–H groups in total. The third-order valence-electron chi connectivity index (χ3n) is 6.33. The molecular formula is C24H31N3O5S. The van der Waals surface area contributed by atoms with Crippen LogP contribution in [-0.4, -0.2) is 60.9 Å². The van der Waals surface area contributed by atoms with E-state index in [0.29, 0.717) is 11.1 Å². The van der Waals surface area contributed by atoms with E-state index in [1.165, 1.54) is 18.6 Å². The van der Waals surface area contributed by atoms with Gasteiger partial charge in [0.15, 0.2) is 9.84 Å². The predicted octanol–water partition coefficient (Wildman–Crippen LogP) is 2.22. The van der Waals surface area contributed by atoms with Crippen molar-refractivity contribution in [1.29, 1.82) is 0 Å². The van der Waals surface area contributed by atoms with E-state index in [4.69, 9.17) is 4.74 Å². The van der Waals surface area contributed by atoms with Gasteiger partial charge in [0, 0.05) is 32.4 Å². The normalized spacial score (nSPS) is 19.8. The highest BCUT2D eigenvalue weighted by atomic mass is 32.2. The number of benzene rings is 1. The largest absolute Gasteiger partial charge is 0.394 e. The topological polar surface area (TPSA) is 109 Å². The molecule has 0 spiro atoms. The van der Waals surface area contributed by atoms with Gasteiger partial charge in [0.1, 0.15) is 0 Å². The lowest BCUT2D eigenvalue weighted by Gasteiger charge is -2.26. The summed E-state index contributed by atoms with van der Waals surface area (Å²) in [4.78, 5) is 19.9. The zero-order valence-electron chi connectivity index (χ0n) is 18.9. The third-order valence-corrected chi connectivity index (χ3v) is 8.09. The number of nitrogens with zero attached hydrogens (tertiary/aromatic N) is 2. The van der Waals surface area contributed by atoms with Crippen molar-refractivity contribution in [2.24, 2.45) is 0 Å². The Labute approximate surface area is 194 Å². The van der Waals surface area contributed by atoms with Gasteiger partial charge in [-0.3, -0.25) is 14.7 Å². The molecule has 178 valence electrons. The van der Waals surface area contributed by atoms with Gasteiger partial charge in [0.2, 0.25) is 0 Å². The first-order chi connectivity index (χ1) is 15.9. The fourth-order valence-corrected chi connectivity index (χ4v) is 5.25. The average molecular weight is 474 g/mol. The lowest BCUT2D eigenvalue weighted by atomic mass is 10.1. The number of carbonyl (C=O) groups excluding carboxylic acids is 1. The summed E-state index contributed by atoms with van der Waals surface area (Å²) in [6.45, 7) is 4.47. The molecule has 1 fully saturated rings. The fraction of sp³-hybridized carbons (Fsp3) is 0.500. The van der Waals surface area contributed by atoms with Gasteiger partial charge in [-0.2, -0.15) is 0 Å². The molecule has 3 heterocycles. The molecule has 0 bridgehead atoms. The third kappa shape index (κ3) is 5.60. The van der Waals surface area contributed by atoms with Crippen molar-refractivity contribution < 1.29 is 23.1 Å². The Morgan fingerprint density at radius 3 is 2.73 bits per heavy atom. The van der Waals surface area contributed by atoms with E-state index < -0.39 is 15.9 Å². The second kappa shape index (κ2) is 10.3. The lowest BCUT2D eigenvalue weighted by molar-refractivity contribution is -0.00657. The molecule has 1 aromatic carbocycles. The van der Waals surface area contributed by atoms with Gasteiger partial charge in [-0.15, -0.1) is 0 Å². The van der Waals surface area contributed by atoms with Gasteiger partial charge >= 0.3 is 0 Å². The number of fused-ring (bicyclic) bond motifs is 1. The molecule has 8 nitrogen and oxygen atoms in total. The van der Waals surface area contributed by atoms with Crippen molar-refractivity contribution in [3.05, 3.63) is 58.9 Å². The summed E-state index contributed by atoms with van der Waals surface area (Å²) >= 11 is 0. The first-order valence-corrected chi connectivity index (χ1v) is 13.1. The molecule has 1 aromatic heterocycles. The van der Waals surface area contributed by atoms with Crippen molar-refractivity contribution in [3.8, 4) is 0 Å². The maximum atomic E-state index is 12.9. The summed E-state index contributed by atoms with van der Waals surface area (Å²) < 4.78 is 29.9. The van der Waals surface area contributed by atoms with Crippen LogP contribution in [0.15, 0.2) is 41.4 Å². The quantitative estimate of drug-likeness (QED) is 0.605. The number of aliphatic hydroxyl groups is 1. The second-order valence-electron chi connectivity index (χ2n) is 8.67. The number of hydrogen-bond acceptors (Lipinski definition) is 7. The van der Waals surface area contributed by atoms with Crippen LogP contribution in [0.1, 0.15) is 59.4 Å². The highest BCUT2D eigenvalue weighted by Crippen LogP contribution is 2.25. The Bertz CT molecular complexity index is 1080. The number of aliphatic hydroxyl groups excluding tert-OH is 1. The average Bonchev–Trinajstić information content (AvgIpc) is 3.24. The molecule has 2 aromatic rings. The van der Waals surface area contributed by atoms with E-state index in [9.17, 15) is 18.3 Å². The summed E-state index contributed by atoms with van der Waals surface area (Å²) in [6, 6.07) is 7.47. The van der Waals surface area contributed by atoms with Crippen LogP contribution >= 0.6 is 0 Å². The van der Waals surface area contributed by atoms with Crippen molar-refractivity contribution in [1.82, 2.24) is 15.2 Å². The number of rotatable bonds is 8. The van der Waals surface area contributed by atoms with Crippen LogP contribution in [0.25, 0.3) is 0 Å². The van der Waals surface area contributed by atoms with Gasteiger partial charge in [-0.25, -0.2) is 8.42 Å². The number of ether oxygens (including phenoxy) is 1. The fourth-order valence-electron chi connectivity index (χ4n) is 4.37. The van der Waals surface area contributed by atoms with Crippen molar-refractivity contribution >= 4 is 15.7 Å². The molecule has 0 radical (unpaired) electrons. The highest BCUT2D eigenvalue weighted by Gasteiger charge is 2.26. The van der Waals surface area contributed by atoms with Crippen molar-refractivity contribution in [2.45, 2.75) is 56.3 Å². The lowest BCUT2D eigenvalue weighted by Crippen LogP contribution is -2.32. The Balaban J connectivity index is 1.40. The SMILES string of the molecule is CCS(=O)(=O)c1ccc([C@H](CO)NC(=O)c2cnc3c(c2)CN(C[C@@H]2CCCCO2)C3)cc1. The van der Waals surface area contributed by atoms with Crippen LogP contribution in [0, 0.1) is 0 Å². The van der Waals surface area contributed by atoms with Crippen LogP contribution in [-0.2, 0) is 27.7 Å². The summed E-state index contributed by atoms with van der Waals surface area (Å²) in [5, 5.41) is 12.7. The van der Waals surface area contributed by atoms with E-state index in [-0.39, 0.29) is 29.3 Å². The monoisotopic (exact) mass is 473 g/mol. The van der Waals surface area contributed by atoms with E-state index in [2.05, 4.69) is 15.2 Å². The minimum absolute atomic E-state index is 0.0168. The van der Waals surface area contributed by atoms with Crippen LogP contribution in [0.2, 0.25) is 0 Å². The molecule has 9 heteroatoms. The summed E-state index contributed by atoms with van der Waals surface area (Å²) in [6.07, 6.45) is 5.26. The van der Waals surface area contributed by atoms with E-state index in [1.807, 2.05) is 6.07 Å². The van der Waals surface area contributed by atoms with Crippen molar-refractivity contribution in [3.63, 3.8) is 0 Å². The molecule has 0 saturated carbocycles. The van der Waals surface area contributed by atoms with Crippen LogP contribution < -0.4 is 5.32 Å². The zero-order chi connectivity index (χ0) is 23.4. The number of carbonyl (C=O) groups is 1. The van der Waals surface area contributed by atoms with E-state index >= 15 is 0 Å². The van der Waals surface area contributed by atoms with Gasteiger partial charge in [0.05, 0.1) is 40.7 Å². The van der Waals surface area contributed by atoms with Crippen LogP contribution in [0.3, 0.4) is 0 Å². The number of aromatic nitrogens is 1. The summed E-state index contributed by atoms with van der Waals surface area (Å²) in [5.74, 6) is -0.313. The first-order valence-electron chi connectivity index (χ1n) is 11.5. The molecule has 4 rings (SSSR count). The summed E-state index contributed by atoms with van der Waals surface area (Å²) in [5.41, 5.74) is 3.09. The molecule has 1 saturated heterocycles. The van der Waals surface area contributed by atoms with E-state index in [1.54, 1.807) is 25.3 Å². The smallest absolute Gasteiger partial charge is 0.253 e. The first kappa shape index (κ1) is 23.8. The molecule has 2 aliphatic rings. The van der Waals surface area contributed by atoms with E-state index in [0.717, 1.165) is 50.3 Å².